The number of carboxylic acid groups (broad SMARTS) is 1. The number of benzene rings is 2. The predicted molar refractivity (Wildman–Crippen MR) is 150 cm³/mol. The number of nitrogens with two attached hydrogens (primary N) is 2. The number of carboxylic acids is 1. The number of aryl methyl sites for hydroxylation is 1. The second kappa shape index (κ2) is 15.0. The third-order valence-electron chi connectivity index (χ3n) is 6.70. The molecule has 0 bridgehead atoms. The maximum Gasteiger partial charge on any atom is 0.305 e. The lowest BCUT2D eigenvalue weighted by molar-refractivity contribution is -0.137. The molecule has 1 aliphatic rings. The molecule has 0 atom stereocenters. The lowest BCUT2D eigenvalue weighted by atomic mass is 10.0. The van der Waals surface area contributed by atoms with Gasteiger partial charge in [-0.1, -0.05) is 31.0 Å². The molecule has 0 unspecified atom stereocenters. The first kappa shape index (κ1) is 29.8. The van der Waals surface area contributed by atoms with Crippen LogP contribution in [0.4, 0.5) is 11.4 Å². The molecular formula is C29H39N5O5. The van der Waals surface area contributed by atoms with E-state index in [1.165, 1.54) is 4.90 Å². The van der Waals surface area contributed by atoms with E-state index < -0.39 is 5.97 Å². The van der Waals surface area contributed by atoms with Gasteiger partial charge in [0, 0.05) is 18.7 Å². The van der Waals surface area contributed by atoms with E-state index in [2.05, 4.69) is 5.32 Å². The Labute approximate surface area is 229 Å². The summed E-state index contributed by atoms with van der Waals surface area (Å²) in [5.41, 5.74) is 14.4. The van der Waals surface area contributed by atoms with E-state index in [0.717, 1.165) is 43.2 Å². The first-order valence-electron chi connectivity index (χ1n) is 13.6. The number of rotatable bonds is 15. The molecule has 0 aliphatic carbocycles. The maximum atomic E-state index is 13.5. The van der Waals surface area contributed by atoms with Gasteiger partial charge in [-0.25, -0.2) is 0 Å². The van der Waals surface area contributed by atoms with Gasteiger partial charge in [0.1, 0.15) is 6.54 Å². The minimum atomic E-state index is -1.03. The Kier molecular flexibility index (Phi) is 11.4. The fourth-order valence-corrected chi connectivity index (χ4v) is 4.54. The van der Waals surface area contributed by atoms with Crippen LogP contribution in [0.5, 0.6) is 0 Å². The molecule has 210 valence electrons. The van der Waals surface area contributed by atoms with Crippen molar-refractivity contribution in [3.63, 3.8) is 0 Å². The zero-order chi connectivity index (χ0) is 28.2. The van der Waals surface area contributed by atoms with Crippen molar-refractivity contribution in [1.29, 1.82) is 0 Å². The third-order valence-corrected chi connectivity index (χ3v) is 6.70. The number of nitrogens with one attached hydrogen (secondary N) is 1. The Morgan fingerprint density at radius 3 is 2.26 bits per heavy atom. The zero-order valence-corrected chi connectivity index (χ0v) is 22.4. The molecule has 1 heterocycles. The van der Waals surface area contributed by atoms with Crippen LogP contribution in [0.15, 0.2) is 42.5 Å². The average Bonchev–Trinajstić information content (AvgIpc) is 3.01. The number of amides is 3. The SMILES string of the molecule is NCCCCCCc1ccc2c(c1)C(=O)N(CCC(=O)O)CC(=O)N2Cc1ccc(NC(=O)CCCN)cc1. The molecule has 0 saturated carbocycles. The molecule has 6 N–H and O–H groups in total. The fourth-order valence-electron chi connectivity index (χ4n) is 4.54. The van der Waals surface area contributed by atoms with Crippen LogP contribution in [0, 0.1) is 0 Å². The molecule has 0 aromatic heterocycles. The van der Waals surface area contributed by atoms with Crippen molar-refractivity contribution in [2.75, 3.05) is 36.4 Å². The summed E-state index contributed by atoms with van der Waals surface area (Å²) < 4.78 is 0. The number of nitrogens with zero attached hydrogens (tertiary/aromatic N) is 2. The maximum absolute atomic E-state index is 13.5. The standard InChI is InChI=1S/C29H39N5O5/c30-15-4-2-1-3-6-21-10-13-25-24(18-21)29(39)33(17-14-28(37)38)20-27(36)34(25)19-22-8-11-23(12-9-22)32-26(35)7-5-16-31/h8-13,18H,1-7,14-17,19-20,30-31H2,(H,32,35)(H,37,38). The zero-order valence-electron chi connectivity index (χ0n) is 22.4. The van der Waals surface area contributed by atoms with Crippen molar-refractivity contribution < 1.29 is 24.3 Å². The van der Waals surface area contributed by atoms with Gasteiger partial charge >= 0.3 is 5.97 Å². The van der Waals surface area contributed by atoms with E-state index in [0.29, 0.717) is 42.9 Å². The monoisotopic (exact) mass is 537 g/mol. The number of carbonyl (C=O) groups excluding carboxylic acids is 3. The number of hydrogen-bond donors (Lipinski definition) is 4. The van der Waals surface area contributed by atoms with Gasteiger partial charge in [-0.05, 0) is 74.2 Å². The largest absolute Gasteiger partial charge is 0.481 e. The summed E-state index contributed by atoms with van der Waals surface area (Å²) in [6, 6.07) is 12.8. The van der Waals surface area contributed by atoms with E-state index in [1.54, 1.807) is 17.0 Å². The molecule has 3 rings (SSSR count). The van der Waals surface area contributed by atoms with E-state index in [-0.39, 0.29) is 43.8 Å². The lowest BCUT2D eigenvalue weighted by Gasteiger charge is -2.23. The van der Waals surface area contributed by atoms with Gasteiger partial charge in [0.15, 0.2) is 0 Å². The summed E-state index contributed by atoms with van der Waals surface area (Å²) in [4.78, 5) is 52.9. The van der Waals surface area contributed by atoms with Gasteiger partial charge in [-0.3, -0.25) is 19.2 Å². The normalized spacial score (nSPS) is 13.3. The van der Waals surface area contributed by atoms with E-state index in [4.69, 9.17) is 16.6 Å². The van der Waals surface area contributed by atoms with Crippen LogP contribution >= 0.6 is 0 Å². The third kappa shape index (κ3) is 8.90. The molecule has 10 heteroatoms. The Bertz CT molecular complexity index is 1150. The summed E-state index contributed by atoms with van der Waals surface area (Å²) in [6.07, 6.45) is 5.56. The van der Waals surface area contributed by atoms with Crippen molar-refractivity contribution in [2.45, 2.75) is 57.9 Å². The van der Waals surface area contributed by atoms with Gasteiger partial charge in [-0.15, -0.1) is 0 Å². The lowest BCUT2D eigenvalue weighted by Crippen LogP contribution is -2.40. The first-order chi connectivity index (χ1) is 18.8. The van der Waals surface area contributed by atoms with E-state index >= 15 is 0 Å². The molecule has 1 aliphatic heterocycles. The highest BCUT2D eigenvalue weighted by atomic mass is 16.4. The second-order valence-electron chi connectivity index (χ2n) is 9.79. The second-order valence-corrected chi connectivity index (χ2v) is 9.79. The van der Waals surface area contributed by atoms with Crippen LogP contribution < -0.4 is 21.7 Å². The number of aliphatic carboxylic acids is 1. The fraction of sp³-hybridized carbons (Fsp3) is 0.448. The van der Waals surface area contributed by atoms with Crippen LogP contribution in [0.1, 0.15) is 66.4 Å². The molecule has 0 radical (unpaired) electrons. The molecule has 2 aromatic carbocycles. The number of fused-ring (bicyclic) bond motifs is 1. The number of carbonyl (C=O) groups is 4. The molecule has 2 aromatic rings. The highest BCUT2D eigenvalue weighted by molar-refractivity contribution is 6.09. The van der Waals surface area contributed by atoms with Crippen molar-refractivity contribution >= 4 is 35.1 Å². The summed E-state index contributed by atoms with van der Waals surface area (Å²) in [6.45, 7) is 1.10. The van der Waals surface area contributed by atoms with Crippen LogP contribution in [0.2, 0.25) is 0 Å². The Morgan fingerprint density at radius 2 is 1.56 bits per heavy atom. The average molecular weight is 538 g/mol. The minimum Gasteiger partial charge on any atom is -0.481 e. The predicted octanol–water partition coefficient (Wildman–Crippen LogP) is 2.89. The van der Waals surface area contributed by atoms with Crippen molar-refractivity contribution in [3.8, 4) is 0 Å². The van der Waals surface area contributed by atoms with Crippen LogP contribution in [0.3, 0.4) is 0 Å². The molecule has 0 fully saturated rings. The van der Waals surface area contributed by atoms with Gasteiger partial charge < -0.3 is 31.7 Å². The summed E-state index contributed by atoms with van der Waals surface area (Å²) in [5.74, 6) is -1.78. The van der Waals surface area contributed by atoms with Crippen molar-refractivity contribution in [2.24, 2.45) is 11.5 Å². The molecule has 3 amide bonds. The topological polar surface area (TPSA) is 159 Å². The summed E-state index contributed by atoms with van der Waals surface area (Å²) >= 11 is 0. The molecular weight excluding hydrogens is 498 g/mol. The van der Waals surface area contributed by atoms with Crippen molar-refractivity contribution in [1.82, 2.24) is 4.90 Å². The molecule has 0 spiro atoms. The molecule has 39 heavy (non-hydrogen) atoms. The Morgan fingerprint density at radius 1 is 0.872 bits per heavy atom. The smallest absolute Gasteiger partial charge is 0.305 e. The molecule has 10 nitrogen and oxygen atoms in total. The van der Waals surface area contributed by atoms with Crippen molar-refractivity contribution in [3.05, 3.63) is 59.2 Å². The number of unbranched alkanes of at least 4 members (excludes halogenated alkanes) is 3. The van der Waals surface area contributed by atoms with E-state index in [9.17, 15) is 19.2 Å². The van der Waals surface area contributed by atoms with Crippen LogP contribution in [0.25, 0.3) is 0 Å². The van der Waals surface area contributed by atoms with Gasteiger partial charge in [-0.2, -0.15) is 0 Å². The van der Waals surface area contributed by atoms with Crippen LogP contribution in [-0.2, 0) is 27.3 Å². The Hall–Kier alpha value is -3.76. The molecule has 0 saturated heterocycles. The van der Waals surface area contributed by atoms with E-state index in [1.807, 2.05) is 30.3 Å². The quantitative estimate of drug-likeness (QED) is 0.254. The highest BCUT2D eigenvalue weighted by Crippen LogP contribution is 2.29. The highest BCUT2D eigenvalue weighted by Gasteiger charge is 2.32. The Balaban J connectivity index is 1.82. The van der Waals surface area contributed by atoms with Gasteiger partial charge in [0.25, 0.3) is 5.91 Å². The summed E-state index contributed by atoms with van der Waals surface area (Å²) in [5, 5.41) is 12.0. The number of anilines is 2. The first-order valence-corrected chi connectivity index (χ1v) is 13.6. The minimum absolute atomic E-state index is 0.0466. The van der Waals surface area contributed by atoms with Gasteiger partial charge in [0.05, 0.1) is 24.2 Å². The number of hydrogen-bond acceptors (Lipinski definition) is 6. The van der Waals surface area contributed by atoms with Crippen LogP contribution in [-0.4, -0.2) is 59.9 Å². The summed E-state index contributed by atoms with van der Waals surface area (Å²) in [7, 11) is 0. The van der Waals surface area contributed by atoms with Gasteiger partial charge in [0.2, 0.25) is 11.8 Å².